The molecule has 0 heterocycles. The maximum atomic E-state index is 2.71. The third-order valence-electron chi connectivity index (χ3n) is 1.36. The van der Waals surface area contributed by atoms with E-state index in [2.05, 4.69) is 40.4 Å². The van der Waals surface area contributed by atoms with E-state index in [1.807, 2.05) is 0 Å². The van der Waals surface area contributed by atoms with E-state index in [0.717, 1.165) is 6.16 Å². The predicted molar refractivity (Wildman–Crippen MR) is 44.6 cm³/mol. The van der Waals surface area contributed by atoms with Crippen molar-refractivity contribution in [2.24, 2.45) is 0 Å². The molecule has 0 radical (unpaired) electrons. The van der Waals surface area contributed by atoms with E-state index in [1.165, 1.54) is 11.1 Å². The molecule has 0 amide bonds. The van der Waals surface area contributed by atoms with Crippen molar-refractivity contribution < 1.29 is 0 Å². The van der Waals surface area contributed by atoms with Gasteiger partial charge in [-0.05, 0) is 18.6 Å². The zero-order chi connectivity index (χ0) is 6.69. The maximum absolute atomic E-state index is 2.71. The van der Waals surface area contributed by atoms with Gasteiger partial charge in [-0.25, -0.2) is 0 Å². The molecule has 0 aliphatic heterocycles. The van der Waals surface area contributed by atoms with Crippen LogP contribution in [0.3, 0.4) is 0 Å². The Bertz CT molecular complexity index is 176. The van der Waals surface area contributed by atoms with Gasteiger partial charge < -0.3 is 0 Å². The topological polar surface area (TPSA) is 0 Å². The van der Waals surface area contributed by atoms with E-state index in [4.69, 9.17) is 0 Å². The third-order valence-corrected chi connectivity index (χ3v) is 1.83. The van der Waals surface area contributed by atoms with Crippen LogP contribution in [0.25, 0.3) is 0 Å². The molecule has 1 aromatic carbocycles. The van der Waals surface area contributed by atoms with Crippen LogP contribution in [-0.2, 0) is 6.16 Å². The molecule has 1 heteroatoms. The zero-order valence-electron chi connectivity index (χ0n) is 5.59. The van der Waals surface area contributed by atoms with E-state index >= 15 is 0 Å². The van der Waals surface area contributed by atoms with Gasteiger partial charge in [0.1, 0.15) is 0 Å². The van der Waals surface area contributed by atoms with E-state index in [1.54, 1.807) is 0 Å². The quantitative estimate of drug-likeness (QED) is 0.522. The first-order valence-electron chi connectivity index (χ1n) is 3.08. The summed E-state index contributed by atoms with van der Waals surface area (Å²) in [5, 5.41) is 0. The van der Waals surface area contributed by atoms with Gasteiger partial charge in [-0.1, -0.05) is 29.8 Å². The standard InChI is InChI=1S/C8H11P/c1-7-2-4-8(6-9)5-3-7/h2-5H,6,9H2,1H3. The molecule has 0 saturated carbocycles. The van der Waals surface area contributed by atoms with Crippen LogP contribution in [0.4, 0.5) is 0 Å². The van der Waals surface area contributed by atoms with E-state index < -0.39 is 0 Å². The van der Waals surface area contributed by atoms with Crippen molar-refractivity contribution in [3.63, 3.8) is 0 Å². The lowest BCUT2D eigenvalue weighted by atomic mass is 10.2. The molecular weight excluding hydrogens is 127 g/mol. The SMILES string of the molecule is Cc1ccc(CP)cc1. The van der Waals surface area contributed by atoms with Crippen molar-refractivity contribution in [2.45, 2.75) is 13.1 Å². The monoisotopic (exact) mass is 138 g/mol. The molecule has 48 valence electrons. The molecule has 1 atom stereocenters. The lowest BCUT2D eigenvalue weighted by Gasteiger charge is -1.94. The molecule has 0 aromatic heterocycles. The predicted octanol–water partition coefficient (Wildman–Crippen LogP) is 2.37. The van der Waals surface area contributed by atoms with Crippen LogP contribution < -0.4 is 0 Å². The summed E-state index contributed by atoms with van der Waals surface area (Å²) in [6.45, 7) is 2.10. The first-order valence-corrected chi connectivity index (χ1v) is 3.90. The summed E-state index contributed by atoms with van der Waals surface area (Å²) in [5.74, 6) is 0. The van der Waals surface area contributed by atoms with Gasteiger partial charge in [-0.2, -0.15) is 0 Å². The first kappa shape index (κ1) is 6.77. The van der Waals surface area contributed by atoms with Gasteiger partial charge >= 0.3 is 0 Å². The minimum atomic E-state index is 1.06. The highest BCUT2D eigenvalue weighted by molar-refractivity contribution is 7.15. The lowest BCUT2D eigenvalue weighted by molar-refractivity contribution is 1.37. The Hall–Kier alpha value is -0.350. The van der Waals surface area contributed by atoms with Gasteiger partial charge in [0.2, 0.25) is 0 Å². The Morgan fingerprint density at radius 3 is 2.22 bits per heavy atom. The molecular formula is C8H11P. The van der Waals surface area contributed by atoms with Crippen molar-refractivity contribution in [3.8, 4) is 0 Å². The highest BCUT2D eigenvalue weighted by Crippen LogP contribution is 2.06. The summed E-state index contributed by atoms with van der Waals surface area (Å²) in [7, 11) is 2.71. The largest absolute Gasteiger partial charge is 0.133 e. The number of benzene rings is 1. The number of hydrogen-bond acceptors (Lipinski definition) is 0. The highest BCUT2D eigenvalue weighted by Gasteiger charge is 1.84. The van der Waals surface area contributed by atoms with Crippen molar-refractivity contribution in [3.05, 3.63) is 35.4 Å². The minimum absolute atomic E-state index is 1.06. The fraction of sp³-hybridized carbons (Fsp3) is 0.250. The van der Waals surface area contributed by atoms with Gasteiger partial charge in [0.25, 0.3) is 0 Å². The Labute approximate surface area is 58.5 Å². The van der Waals surface area contributed by atoms with Crippen molar-refractivity contribution in [1.82, 2.24) is 0 Å². The molecule has 0 aliphatic rings. The highest BCUT2D eigenvalue weighted by atomic mass is 31.0. The van der Waals surface area contributed by atoms with Crippen LogP contribution in [0.5, 0.6) is 0 Å². The second-order valence-corrected chi connectivity index (χ2v) is 2.60. The Kier molecular flexibility index (Phi) is 2.24. The van der Waals surface area contributed by atoms with Gasteiger partial charge in [0.15, 0.2) is 0 Å². The van der Waals surface area contributed by atoms with Crippen LogP contribution in [0.1, 0.15) is 11.1 Å². The summed E-state index contributed by atoms with van der Waals surface area (Å²) in [6, 6.07) is 8.59. The molecule has 9 heavy (non-hydrogen) atoms. The summed E-state index contributed by atoms with van der Waals surface area (Å²) >= 11 is 0. The zero-order valence-corrected chi connectivity index (χ0v) is 6.75. The minimum Gasteiger partial charge on any atom is -0.133 e. The average Bonchev–Trinajstić information content (AvgIpc) is 1.90. The van der Waals surface area contributed by atoms with Crippen LogP contribution in [0.2, 0.25) is 0 Å². The molecule has 0 aliphatic carbocycles. The van der Waals surface area contributed by atoms with Crippen LogP contribution in [0.15, 0.2) is 24.3 Å². The van der Waals surface area contributed by atoms with Gasteiger partial charge in [0, 0.05) is 0 Å². The number of hydrogen-bond donors (Lipinski definition) is 0. The molecule has 0 N–H and O–H groups in total. The lowest BCUT2D eigenvalue weighted by Crippen LogP contribution is -1.75. The van der Waals surface area contributed by atoms with Crippen LogP contribution in [0, 0.1) is 6.92 Å². The molecule has 0 fully saturated rings. The van der Waals surface area contributed by atoms with Crippen LogP contribution >= 0.6 is 9.24 Å². The fourth-order valence-electron chi connectivity index (χ4n) is 0.724. The number of rotatable bonds is 1. The first-order chi connectivity index (χ1) is 4.33. The molecule has 0 bridgehead atoms. The molecule has 0 spiro atoms. The molecule has 1 aromatic rings. The van der Waals surface area contributed by atoms with Crippen molar-refractivity contribution in [2.75, 3.05) is 0 Å². The van der Waals surface area contributed by atoms with Crippen molar-refractivity contribution >= 4 is 9.24 Å². The van der Waals surface area contributed by atoms with Crippen molar-refractivity contribution in [1.29, 1.82) is 0 Å². The van der Waals surface area contributed by atoms with Gasteiger partial charge in [-0.15, -0.1) is 9.24 Å². The summed E-state index contributed by atoms with van der Waals surface area (Å²) in [4.78, 5) is 0. The second kappa shape index (κ2) is 2.98. The van der Waals surface area contributed by atoms with E-state index in [-0.39, 0.29) is 0 Å². The average molecular weight is 138 g/mol. The third kappa shape index (κ3) is 1.80. The van der Waals surface area contributed by atoms with Gasteiger partial charge in [0.05, 0.1) is 0 Å². The summed E-state index contributed by atoms with van der Waals surface area (Å²) in [6.07, 6.45) is 1.06. The smallest absolute Gasteiger partial charge is 0.0128 e. The molecule has 1 rings (SSSR count). The summed E-state index contributed by atoms with van der Waals surface area (Å²) < 4.78 is 0. The molecule has 1 unspecified atom stereocenters. The fourth-order valence-corrected chi connectivity index (χ4v) is 0.996. The molecule has 0 nitrogen and oxygen atoms in total. The number of aryl methyl sites for hydroxylation is 1. The maximum Gasteiger partial charge on any atom is -0.0128 e. The summed E-state index contributed by atoms with van der Waals surface area (Å²) in [5.41, 5.74) is 2.71. The van der Waals surface area contributed by atoms with Crippen LogP contribution in [-0.4, -0.2) is 0 Å². The second-order valence-electron chi connectivity index (χ2n) is 2.19. The van der Waals surface area contributed by atoms with E-state index in [9.17, 15) is 0 Å². The Balaban J connectivity index is 2.88. The normalized spacial score (nSPS) is 9.56. The van der Waals surface area contributed by atoms with Gasteiger partial charge in [-0.3, -0.25) is 0 Å². The molecule has 0 saturated heterocycles. The van der Waals surface area contributed by atoms with E-state index in [0.29, 0.717) is 0 Å². The Morgan fingerprint density at radius 2 is 1.78 bits per heavy atom. The Morgan fingerprint density at radius 1 is 1.22 bits per heavy atom.